The summed E-state index contributed by atoms with van der Waals surface area (Å²) in [5.74, 6) is 0.476. The highest BCUT2D eigenvalue weighted by atomic mass is 19.1. The van der Waals surface area contributed by atoms with Gasteiger partial charge in [0.05, 0.1) is 19.3 Å². The van der Waals surface area contributed by atoms with Crippen LogP contribution in [0.25, 0.3) is 0 Å². The number of benzene rings is 1. The molecule has 0 aliphatic heterocycles. The third kappa shape index (κ3) is 3.89. The van der Waals surface area contributed by atoms with Gasteiger partial charge in [-0.05, 0) is 32.4 Å². The third-order valence-electron chi connectivity index (χ3n) is 2.21. The van der Waals surface area contributed by atoms with Crippen molar-refractivity contribution in [2.45, 2.75) is 39.4 Å². The maximum absolute atomic E-state index is 13.7. The Morgan fingerprint density at radius 3 is 2.35 bits per heavy atom. The first-order chi connectivity index (χ1) is 7.93. The molecular weight excluding hydrogens is 223 g/mol. The second-order valence-electron chi connectivity index (χ2n) is 4.31. The van der Waals surface area contributed by atoms with E-state index >= 15 is 0 Å². The van der Waals surface area contributed by atoms with Gasteiger partial charge in [0.2, 0.25) is 0 Å². The maximum Gasteiger partial charge on any atom is 0.163 e. The van der Waals surface area contributed by atoms with Crippen LogP contribution in [-0.4, -0.2) is 24.4 Å². The van der Waals surface area contributed by atoms with Crippen LogP contribution < -0.4 is 9.47 Å². The molecule has 0 aromatic heterocycles. The fourth-order valence-electron chi connectivity index (χ4n) is 1.56. The van der Waals surface area contributed by atoms with Crippen LogP contribution in [0.3, 0.4) is 0 Å². The van der Waals surface area contributed by atoms with Crippen LogP contribution in [0.5, 0.6) is 11.5 Å². The molecule has 0 bridgehead atoms. The molecule has 1 aromatic rings. The lowest BCUT2D eigenvalue weighted by atomic mass is 10.1. The van der Waals surface area contributed by atoms with E-state index in [4.69, 9.17) is 9.47 Å². The molecule has 0 aliphatic rings. The molecular formula is C13H19FO3. The smallest absolute Gasteiger partial charge is 0.163 e. The molecule has 0 aliphatic carbocycles. The molecule has 0 saturated carbocycles. The Bertz CT molecular complexity index is 375. The van der Waals surface area contributed by atoms with Crippen LogP contribution in [0.15, 0.2) is 12.1 Å². The second kappa shape index (κ2) is 5.87. The van der Waals surface area contributed by atoms with Gasteiger partial charge in [-0.2, -0.15) is 0 Å². The summed E-state index contributed by atoms with van der Waals surface area (Å²) in [7, 11) is 1.47. The Balaban J connectivity index is 3.08. The predicted octanol–water partition coefficient (Wildman–Crippen LogP) is 2.54. The molecule has 4 heteroatoms. The molecule has 0 fully saturated rings. The molecule has 1 unspecified atom stereocenters. The van der Waals surface area contributed by atoms with E-state index in [0.717, 1.165) is 0 Å². The van der Waals surface area contributed by atoms with Crippen molar-refractivity contribution in [2.24, 2.45) is 0 Å². The van der Waals surface area contributed by atoms with Gasteiger partial charge in [0.1, 0.15) is 5.82 Å². The van der Waals surface area contributed by atoms with E-state index in [1.54, 1.807) is 13.0 Å². The van der Waals surface area contributed by atoms with Crippen molar-refractivity contribution in [1.82, 2.24) is 0 Å². The van der Waals surface area contributed by atoms with Crippen molar-refractivity contribution >= 4 is 0 Å². The Morgan fingerprint density at radius 1 is 1.24 bits per heavy atom. The molecule has 0 spiro atoms. The number of hydrogen-bond acceptors (Lipinski definition) is 3. The fourth-order valence-corrected chi connectivity index (χ4v) is 1.56. The zero-order chi connectivity index (χ0) is 13.0. The predicted molar refractivity (Wildman–Crippen MR) is 64.1 cm³/mol. The van der Waals surface area contributed by atoms with Gasteiger partial charge >= 0.3 is 0 Å². The lowest BCUT2D eigenvalue weighted by Crippen LogP contribution is -2.10. The van der Waals surface area contributed by atoms with Crippen LogP contribution in [0.2, 0.25) is 0 Å². The molecule has 0 saturated heterocycles. The summed E-state index contributed by atoms with van der Waals surface area (Å²) in [6.45, 7) is 5.39. The Hall–Kier alpha value is -1.29. The minimum absolute atomic E-state index is 0.0197. The van der Waals surface area contributed by atoms with E-state index in [0.29, 0.717) is 17.1 Å². The van der Waals surface area contributed by atoms with Crippen molar-refractivity contribution in [3.05, 3.63) is 23.5 Å². The summed E-state index contributed by atoms with van der Waals surface area (Å²) >= 11 is 0. The van der Waals surface area contributed by atoms with Gasteiger partial charge in [-0.3, -0.25) is 0 Å². The molecule has 1 aromatic carbocycles. The summed E-state index contributed by atoms with van der Waals surface area (Å²) in [5.41, 5.74) is 0.427. The van der Waals surface area contributed by atoms with Crippen molar-refractivity contribution in [3.63, 3.8) is 0 Å². The van der Waals surface area contributed by atoms with Crippen LogP contribution in [0.4, 0.5) is 4.39 Å². The number of aliphatic hydroxyl groups is 1. The lowest BCUT2D eigenvalue weighted by molar-refractivity contribution is 0.193. The normalized spacial score (nSPS) is 12.6. The minimum Gasteiger partial charge on any atom is -0.493 e. The summed E-state index contributed by atoms with van der Waals surface area (Å²) in [6.07, 6.45) is -0.358. The summed E-state index contributed by atoms with van der Waals surface area (Å²) in [4.78, 5) is 0. The molecule has 3 nitrogen and oxygen atoms in total. The van der Waals surface area contributed by atoms with E-state index in [1.165, 1.54) is 13.2 Å². The zero-order valence-electron chi connectivity index (χ0n) is 10.7. The zero-order valence-corrected chi connectivity index (χ0v) is 10.7. The van der Waals surface area contributed by atoms with Gasteiger partial charge < -0.3 is 14.6 Å². The van der Waals surface area contributed by atoms with E-state index in [1.807, 2.05) is 13.8 Å². The minimum atomic E-state index is -0.593. The molecule has 1 N–H and O–H groups in total. The first-order valence-electron chi connectivity index (χ1n) is 5.65. The quantitative estimate of drug-likeness (QED) is 0.862. The molecule has 0 amide bonds. The van der Waals surface area contributed by atoms with Gasteiger partial charge in [-0.15, -0.1) is 0 Å². The van der Waals surface area contributed by atoms with Crippen molar-refractivity contribution in [1.29, 1.82) is 0 Å². The van der Waals surface area contributed by atoms with Gasteiger partial charge in [-0.25, -0.2) is 4.39 Å². The molecule has 0 radical (unpaired) electrons. The van der Waals surface area contributed by atoms with Gasteiger partial charge in [0, 0.05) is 12.5 Å². The highest BCUT2D eigenvalue weighted by Crippen LogP contribution is 2.31. The molecule has 17 heavy (non-hydrogen) atoms. The number of methoxy groups -OCH3 is 1. The molecule has 1 atom stereocenters. The second-order valence-corrected chi connectivity index (χ2v) is 4.31. The first-order valence-corrected chi connectivity index (χ1v) is 5.65. The maximum atomic E-state index is 13.7. The number of halogens is 1. The number of aliphatic hydroxyl groups excluding tert-OH is 1. The van der Waals surface area contributed by atoms with E-state index in [2.05, 4.69) is 0 Å². The van der Waals surface area contributed by atoms with Crippen molar-refractivity contribution in [3.8, 4) is 11.5 Å². The monoisotopic (exact) mass is 242 g/mol. The first kappa shape index (κ1) is 13.8. The van der Waals surface area contributed by atoms with E-state index in [-0.39, 0.29) is 18.3 Å². The van der Waals surface area contributed by atoms with Crippen molar-refractivity contribution in [2.75, 3.05) is 7.11 Å². The van der Waals surface area contributed by atoms with Crippen LogP contribution in [-0.2, 0) is 6.42 Å². The molecule has 96 valence electrons. The fraction of sp³-hybridized carbons (Fsp3) is 0.538. The average Bonchev–Trinajstić information content (AvgIpc) is 2.21. The number of ether oxygens (including phenoxy) is 2. The van der Waals surface area contributed by atoms with E-state index < -0.39 is 6.10 Å². The Labute approximate surface area is 101 Å². The largest absolute Gasteiger partial charge is 0.493 e. The average molecular weight is 242 g/mol. The number of hydrogen-bond donors (Lipinski definition) is 1. The van der Waals surface area contributed by atoms with Gasteiger partial charge in [0.15, 0.2) is 11.5 Å². The van der Waals surface area contributed by atoms with Gasteiger partial charge in [0.25, 0.3) is 0 Å². The highest BCUT2D eigenvalue weighted by Gasteiger charge is 2.14. The molecule has 0 heterocycles. The summed E-state index contributed by atoms with van der Waals surface area (Å²) in [5, 5.41) is 9.29. The van der Waals surface area contributed by atoms with Crippen molar-refractivity contribution < 1.29 is 19.0 Å². The van der Waals surface area contributed by atoms with Crippen LogP contribution >= 0.6 is 0 Å². The highest BCUT2D eigenvalue weighted by molar-refractivity contribution is 5.44. The van der Waals surface area contributed by atoms with Crippen LogP contribution in [0, 0.1) is 5.82 Å². The van der Waals surface area contributed by atoms with E-state index in [9.17, 15) is 9.50 Å². The lowest BCUT2D eigenvalue weighted by Gasteiger charge is -2.16. The third-order valence-corrected chi connectivity index (χ3v) is 2.21. The summed E-state index contributed by atoms with van der Waals surface area (Å²) < 4.78 is 24.3. The Morgan fingerprint density at radius 2 is 1.88 bits per heavy atom. The van der Waals surface area contributed by atoms with Gasteiger partial charge in [-0.1, -0.05) is 0 Å². The number of rotatable bonds is 5. The standard InChI is InChI=1S/C13H19FO3/c1-8(2)17-13-6-10(5-9(3)15)11(14)7-12(13)16-4/h6-9,15H,5H2,1-4H3. The topological polar surface area (TPSA) is 38.7 Å². The van der Waals surface area contributed by atoms with Crippen LogP contribution in [0.1, 0.15) is 26.3 Å². The molecule has 1 rings (SSSR count). The summed E-state index contributed by atoms with van der Waals surface area (Å²) in [6, 6.07) is 2.87. The Kier molecular flexibility index (Phi) is 4.75. The SMILES string of the molecule is COc1cc(F)c(CC(C)O)cc1OC(C)C.